The van der Waals surface area contributed by atoms with Gasteiger partial charge in [-0.2, -0.15) is 0 Å². The third-order valence-corrected chi connectivity index (χ3v) is 3.60. The summed E-state index contributed by atoms with van der Waals surface area (Å²) in [5.74, 6) is -0.446. The highest BCUT2D eigenvalue weighted by molar-refractivity contribution is 5.97. The van der Waals surface area contributed by atoms with E-state index in [2.05, 4.69) is 15.3 Å². The lowest BCUT2D eigenvalue weighted by Crippen LogP contribution is -2.41. The minimum atomic E-state index is -1.00. The molecule has 2 rings (SSSR count). The van der Waals surface area contributed by atoms with Crippen LogP contribution in [0.2, 0.25) is 0 Å². The first kappa shape index (κ1) is 15.4. The molecule has 114 valence electrons. The van der Waals surface area contributed by atoms with Crippen LogP contribution in [0.5, 0.6) is 0 Å². The van der Waals surface area contributed by atoms with Crippen molar-refractivity contribution in [1.82, 2.24) is 15.3 Å². The van der Waals surface area contributed by atoms with Crippen LogP contribution < -0.4 is 5.32 Å². The summed E-state index contributed by atoms with van der Waals surface area (Å²) in [7, 11) is 0. The van der Waals surface area contributed by atoms with Gasteiger partial charge >= 0.3 is 5.97 Å². The molecular formula is C15H21N3O3. The zero-order valence-corrected chi connectivity index (χ0v) is 12.4. The average Bonchev–Trinajstić information content (AvgIpc) is 3.27. The van der Waals surface area contributed by atoms with Crippen LogP contribution in [0.1, 0.15) is 66.8 Å². The van der Waals surface area contributed by atoms with Crippen LogP contribution in [0.15, 0.2) is 6.20 Å². The minimum Gasteiger partial charge on any atom is -0.480 e. The van der Waals surface area contributed by atoms with Crippen molar-refractivity contribution in [2.45, 2.75) is 57.9 Å². The molecule has 1 aliphatic carbocycles. The summed E-state index contributed by atoms with van der Waals surface area (Å²) >= 11 is 0. The Bertz CT molecular complexity index is 541. The van der Waals surface area contributed by atoms with Crippen molar-refractivity contribution >= 4 is 11.9 Å². The maximum atomic E-state index is 12.3. The molecule has 2 N–H and O–H groups in total. The summed E-state index contributed by atoms with van der Waals surface area (Å²) in [6, 6.07) is -0.856. The Kier molecular flexibility index (Phi) is 4.88. The van der Waals surface area contributed by atoms with Crippen molar-refractivity contribution in [3.63, 3.8) is 0 Å². The van der Waals surface area contributed by atoms with Crippen LogP contribution in [0.25, 0.3) is 0 Å². The summed E-state index contributed by atoms with van der Waals surface area (Å²) in [6.07, 6.45) is 5.63. The molecule has 0 radical (unpaired) electrons. The van der Waals surface area contributed by atoms with Crippen molar-refractivity contribution in [1.29, 1.82) is 0 Å². The van der Waals surface area contributed by atoms with Gasteiger partial charge in [-0.05, 0) is 26.2 Å². The van der Waals surface area contributed by atoms with Crippen LogP contribution in [-0.2, 0) is 4.79 Å². The van der Waals surface area contributed by atoms with E-state index in [1.54, 1.807) is 6.92 Å². The summed E-state index contributed by atoms with van der Waals surface area (Å²) in [5, 5.41) is 11.8. The third-order valence-electron chi connectivity index (χ3n) is 3.60. The van der Waals surface area contributed by atoms with Crippen LogP contribution in [0.3, 0.4) is 0 Å². The first-order chi connectivity index (χ1) is 10.0. The molecule has 1 fully saturated rings. The Morgan fingerprint density at radius 2 is 2.19 bits per heavy atom. The van der Waals surface area contributed by atoms with Gasteiger partial charge in [0.05, 0.1) is 11.3 Å². The molecule has 6 heteroatoms. The van der Waals surface area contributed by atoms with Crippen LogP contribution in [0.4, 0.5) is 0 Å². The fourth-order valence-electron chi connectivity index (χ4n) is 2.23. The molecule has 21 heavy (non-hydrogen) atoms. The van der Waals surface area contributed by atoms with Crippen molar-refractivity contribution in [3.05, 3.63) is 23.3 Å². The molecule has 0 bridgehead atoms. The molecule has 0 spiro atoms. The van der Waals surface area contributed by atoms with E-state index in [1.807, 2.05) is 6.92 Å². The topological polar surface area (TPSA) is 92.2 Å². The molecule has 1 aromatic heterocycles. The minimum absolute atomic E-state index is 0.311. The van der Waals surface area contributed by atoms with Crippen molar-refractivity contribution in [2.75, 3.05) is 0 Å². The quantitative estimate of drug-likeness (QED) is 0.802. The molecule has 1 heterocycles. The summed E-state index contributed by atoms with van der Waals surface area (Å²) < 4.78 is 0. The normalized spacial score (nSPS) is 15.5. The molecule has 1 aliphatic rings. The Hall–Kier alpha value is -1.98. The summed E-state index contributed by atoms with van der Waals surface area (Å²) in [6.45, 7) is 3.77. The number of aliphatic carboxylic acids is 1. The zero-order valence-electron chi connectivity index (χ0n) is 12.4. The van der Waals surface area contributed by atoms with Gasteiger partial charge in [-0.15, -0.1) is 0 Å². The molecule has 6 nitrogen and oxygen atoms in total. The Labute approximate surface area is 124 Å². The fourth-order valence-corrected chi connectivity index (χ4v) is 2.23. The second-order valence-corrected chi connectivity index (χ2v) is 5.50. The predicted molar refractivity (Wildman–Crippen MR) is 77.2 cm³/mol. The van der Waals surface area contributed by atoms with E-state index in [1.165, 1.54) is 6.20 Å². The van der Waals surface area contributed by atoms with E-state index in [-0.39, 0.29) is 5.91 Å². The zero-order chi connectivity index (χ0) is 15.4. The van der Waals surface area contributed by atoms with Crippen molar-refractivity contribution < 1.29 is 14.7 Å². The molecule has 1 saturated carbocycles. The number of carbonyl (C=O) groups is 2. The number of aromatic nitrogens is 2. The molecule has 0 aromatic carbocycles. The van der Waals surface area contributed by atoms with Gasteiger partial charge in [0.1, 0.15) is 11.9 Å². The van der Waals surface area contributed by atoms with Gasteiger partial charge < -0.3 is 10.4 Å². The maximum absolute atomic E-state index is 12.3. The smallest absolute Gasteiger partial charge is 0.326 e. The molecule has 0 unspecified atom stereocenters. The highest BCUT2D eigenvalue weighted by Gasteiger charge is 2.31. The summed E-state index contributed by atoms with van der Waals surface area (Å²) in [4.78, 5) is 32.0. The number of carboxylic acids is 1. The molecule has 1 aromatic rings. The van der Waals surface area contributed by atoms with Gasteiger partial charge in [0.2, 0.25) is 0 Å². The van der Waals surface area contributed by atoms with Crippen molar-refractivity contribution in [2.24, 2.45) is 0 Å². The Balaban J connectivity index is 2.13. The molecule has 1 atom stereocenters. The first-order valence-corrected chi connectivity index (χ1v) is 7.40. The highest BCUT2D eigenvalue weighted by atomic mass is 16.4. The second-order valence-electron chi connectivity index (χ2n) is 5.50. The third kappa shape index (κ3) is 4.00. The number of rotatable bonds is 7. The van der Waals surface area contributed by atoms with E-state index < -0.39 is 12.0 Å². The number of amides is 1. The van der Waals surface area contributed by atoms with Gasteiger partial charge in [0.25, 0.3) is 5.91 Å². The summed E-state index contributed by atoms with van der Waals surface area (Å²) in [5.41, 5.74) is 1.16. The van der Waals surface area contributed by atoms with Crippen LogP contribution in [-0.4, -0.2) is 33.0 Å². The largest absolute Gasteiger partial charge is 0.480 e. The highest BCUT2D eigenvalue weighted by Crippen LogP contribution is 2.40. The predicted octanol–water partition coefficient (Wildman–Crippen LogP) is 2.04. The number of carbonyl (C=O) groups excluding carboxylic acids is 1. The lowest BCUT2D eigenvalue weighted by molar-refractivity contribution is -0.139. The lowest BCUT2D eigenvalue weighted by Gasteiger charge is -2.15. The fraction of sp³-hybridized carbons (Fsp3) is 0.600. The van der Waals surface area contributed by atoms with Gasteiger partial charge in [0.15, 0.2) is 0 Å². The number of unbranched alkanes of at least 4 members (excludes halogenated alkanes) is 1. The molecule has 0 saturated heterocycles. The number of nitrogens with one attached hydrogen (secondary N) is 1. The Morgan fingerprint density at radius 1 is 1.48 bits per heavy atom. The maximum Gasteiger partial charge on any atom is 0.326 e. The van der Waals surface area contributed by atoms with Gasteiger partial charge in [-0.1, -0.05) is 19.8 Å². The van der Waals surface area contributed by atoms with Gasteiger partial charge in [-0.3, -0.25) is 4.79 Å². The molecular weight excluding hydrogens is 270 g/mol. The number of hydrogen-bond acceptors (Lipinski definition) is 4. The number of carboxylic acid groups (broad SMARTS) is 1. The van der Waals surface area contributed by atoms with E-state index in [9.17, 15) is 14.7 Å². The number of nitrogens with zero attached hydrogens (tertiary/aromatic N) is 2. The first-order valence-electron chi connectivity index (χ1n) is 7.40. The lowest BCUT2D eigenvalue weighted by atomic mass is 10.1. The molecule has 0 aliphatic heterocycles. The van der Waals surface area contributed by atoms with E-state index in [4.69, 9.17) is 0 Å². The van der Waals surface area contributed by atoms with Gasteiger partial charge in [0, 0.05) is 12.1 Å². The van der Waals surface area contributed by atoms with Crippen LogP contribution in [0, 0.1) is 6.92 Å². The van der Waals surface area contributed by atoms with Gasteiger partial charge in [-0.25, -0.2) is 14.8 Å². The SMILES string of the molecule is CCCC[C@H](NC(=O)c1cnc(C)nc1C1CC1)C(=O)O. The van der Waals surface area contributed by atoms with Crippen molar-refractivity contribution in [3.8, 4) is 0 Å². The van der Waals surface area contributed by atoms with Crippen LogP contribution >= 0.6 is 0 Å². The number of aryl methyl sites for hydroxylation is 1. The van der Waals surface area contributed by atoms with E-state index in [0.717, 1.165) is 31.4 Å². The standard InChI is InChI=1S/C15H21N3O3/c1-3-4-5-12(15(20)21)18-14(19)11-8-16-9(2)17-13(11)10-6-7-10/h8,10,12H,3-7H2,1-2H3,(H,18,19)(H,20,21)/t12-/m0/s1. The average molecular weight is 291 g/mol. The Morgan fingerprint density at radius 3 is 2.76 bits per heavy atom. The number of hydrogen-bond donors (Lipinski definition) is 2. The monoisotopic (exact) mass is 291 g/mol. The second kappa shape index (κ2) is 6.65. The van der Waals surface area contributed by atoms with E-state index >= 15 is 0 Å². The molecule has 1 amide bonds. The van der Waals surface area contributed by atoms with E-state index in [0.29, 0.717) is 23.7 Å².